The SMILES string of the molecule is CNC(=O)c1c(-c2ccc(F)cc2)oc2cc(N(CC(=O)NC3(C(=O)NCc4cccc(C(O)=CC(=O)C(=O)O)c4)CC3)S(C)(=O)=O)c(C3CC3)cc12. The molecule has 2 aliphatic rings. The Hall–Kier alpha value is -6.03. The zero-order valence-corrected chi connectivity index (χ0v) is 29.4. The number of carboxylic acid groups (broad SMARTS) is 1. The molecule has 0 radical (unpaired) electrons. The Morgan fingerprint density at radius 1 is 1.02 bits per heavy atom. The first-order valence-electron chi connectivity index (χ1n) is 16.5. The van der Waals surface area contributed by atoms with Gasteiger partial charge in [0.1, 0.15) is 35.0 Å². The van der Waals surface area contributed by atoms with Crippen molar-refractivity contribution in [3.63, 3.8) is 0 Å². The highest BCUT2D eigenvalue weighted by Crippen LogP contribution is 2.48. The zero-order valence-electron chi connectivity index (χ0n) is 28.6. The second kappa shape index (κ2) is 14.2. The summed E-state index contributed by atoms with van der Waals surface area (Å²) in [6, 6.07) is 14.6. The summed E-state index contributed by atoms with van der Waals surface area (Å²) in [4.78, 5) is 62.2. The van der Waals surface area contributed by atoms with Crippen LogP contribution in [0.5, 0.6) is 0 Å². The van der Waals surface area contributed by atoms with Gasteiger partial charge in [0.15, 0.2) is 0 Å². The summed E-state index contributed by atoms with van der Waals surface area (Å²) in [5, 5.41) is 27.4. The van der Waals surface area contributed by atoms with Gasteiger partial charge in [-0.15, -0.1) is 0 Å². The molecule has 0 saturated heterocycles. The normalized spacial score (nSPS) is 15.0. The molecule has 1 heterocycles. The number of nitrogens with zero attached hydrogens (tertiary/aromatic N) is 1. The number of rotatable bonds is 14. The van der Waals surface area contributed by atoms with Crippen LogP contribution in [0.3, 0.4) is 0 Å². The molecule has 3 aromatic carbocycles. The van der Waals surface area contributed by atoms with E-state index in [0.29, 0.717) is 41.0 Å². The molecule has 6 rings (SSSR count). The summed E-state index contributed by atoms with van der Waals surface area (Å²) in [5.74, 6) is -5.67. The van der Waals surface area contributed by atoms with Crippen LogP contribution in [0.2, 0.25) is 0 Å². The van der Waals surface area contributed by atoms with Crippen molar-refractivity contribution in [2.24, 2.45) is 0 Å². The lowest BCUT2D eigenvalue weighted by Gasteiger charge is -2.26. The standard InChI is InChI=1S/C37H35FN4O10S/c1-39-34(46)32-26-15-25(21-6-7-21)27(16-30(26)52-33(32)22-8-10-24(38)11-9-22)42(53(2,50)51)19-31(45)41-37(12-13-37)36(49)40-18-20-4-3-5-23(14-20)28(43)17-29(44)35(47)48/h3-5,8-11,14-17,21,43H,6-7,12-13,18-19H2,1-2H3,(H,39,46)(H,40,49)(H,41,45)(H,47,48). The zero-order chi connectivity index (χ0) is 38.2. The van der Waals surface area contributed by atoms with E-state index in [0.717, 1.165) is 23.4 Å². The number of halogens is 1. The van der Waals surface area contributed by atoms with Crippen LogP contribution in [0.1, 0.15) is 58.6 Å². The van der Waals surface area contributed by atoms with E-state index >= 15 is 0 Å². The number of fused-ring (bicyclic) bond motifs is 1. The van der Waals surface area contributed by atoms with Gasteiger partial charge in [0, 0.05) is 42.2 Å². The smallest absolute Gasteiger partial charge is 0.376 e. The number of carboxylic acids is 1. The summed E-state index contributed by atoms with van der Waals surface area (Å²) < 4.78 is 47.4. The second-order valence-corrected chi connectivity index (χ2v) is 15.0. The summed E-state index contributed by atoms with van der Waals surface area (Å²) in [6.07, 6.45) is 3.63. The van der Waals surface area contributed by atoms with Crippen LogP contribution < -0.4 is 20.3 Å². The van der Waals surface area contributed by atoms with E-state index in [9.17, 15) is 41.9 Å². The minimum absolute atomic E-state index is 0.0359. The Balaban J connectivity index is 1.23. The van der Waals surface area contributed by atoms with Crippen molar-refractivity contribution in [3.05, 3.63) is 94.8 Å². The van der Waals surface area contributed by atoms with Crippen LogP contribution in [0.25, 0.3) is 28.1 Å². The molecule has 0 aliphatic heterocycles. The van der Waals surface area contributed by atoms with Crippen molar-refractivity contribution in [2.75, 3.05) is 24.2 Å². The number of nitrogens with one attached hydrogen (secondary N) is 3. The molecule has 53 heavy (non-hydrogen) atoms. The number of amides is 3. The van der Waals surface area contributed by atoms with Gasteiger partial charge in [-0.05, 0) is 79.1 Å². The third-order valence-corrected chi connectivity index (χ3v) is 10.2. The van der Waals surface area contributed by atoms with Crippen molar-refractivity contribution in [3.8, 4) is 11.3 Å². The number of carbonyl (C=O) groups is 5. The maximum atomic E-state index is 13.7. The molecular weight excluding hydrogens is 711 g/mol. The van der Waals surface area contributed by atoms with Gasteiger partial charge in [-0.3, -0.25) is 23.5 Å². The van der Waals surface area contributed by atoms with Gasteiger partial charge in [-0.1, -0.05) is 18.2 Å². The molecule has 0 spiro atoms. The van der Waals surface area contributed by atoms with E-state index in [2.05, 4.69) is 16.0 Å². The summed E-state index contributed by atoms with van der Waals surface area (Å²) in [5.41, 5.74) is 0.960. The van der Waals surface area contributed by atoms with Crippen LogP contribution in [-0.4, -0.2) is 73.5 Å². The van der Waals surface area contributed by atoms with Crippen molar-refractivity contribution < 1.29 is 51.4 Å². The molecule has 3 amide bonds. The van der Waals surface area contributed by atoms with E-state index in [-0.39, 0.29) is 40.6 Å². The third-order valence-electron chi connectivity index (χ3n) is 9.09. The highest BCUT2D eigenvalue weighted by molar-refractivity contribution is 7.92. The quantitative estimate of drug-likeness (QED) is 0.0716. The van der Waals surface area contributed by atoms with Crippen molar-refractivity contribution in [1.29, 1.82) is 0 Å². The van der Waals surface area contributed by atoms with E-state index in [4.69, 9.17) is 9.52 Å². The van der Waals surface area contributed by atoms with Crippen LogP contribution in [0.4, 0.5) is 10.1 Å². The van der Waals surface area contributed by atoms with Crippen molar-refractivity contribution in [2.45, 2.75) is 43.7 Å². The van der Waals surface area contributed by atoms with Crippen molar-refractivity contribution in [1.82, 2.24) is 16.0 Å². The Morgan fingerprint density at radius 2 is 1.72 bits per heavy atom. The molecule has 14 nitrogen and oxygen atoms in total. The molecular formula is C37H35FN4O10S. The fraction of sp³-hybridized carbons (Fsp3) is 0.270. The summed E-state index contributed by atoms with van der Waals surface area (Å²) in [7, 11) is -2.63. The van der Waals surface area contributed by atoms with Crippen LogP contribution in [0, 0.1) is 5.82 Å². The molecule has 0 unspecified atom stereocenters. The Labute approximate surface area is 302 Å². The molecule has 16 heteroatoms. The van der Waals surface area contributed by atoms with Crippen LogP contribution in [-0.2, 0) is 35.7 Å². The van der Waals surface area contributed by atoms with E-state index < -0.39 is 63.2 Å². The third kappa shape index (κ3) is 7.91. The Bertz CT molecular complexity index is 2310. The Morgan fingerprint density at radius 3 is 2.32 bits per heavy atom. The lowest BCUT2D eigenvalue weighted by molar-refractivity contribution is -0.146. The number of sulfonamides is 1. The molecule has 276 valence electrons. The fourth-order valence-electron chi connectivity index (χ4n) is 6.05. The number of furan rings is 1. The number of aliphatic hydroxyl groups is 1. The van der Waals surface area contributed by atoms with Gasteiger partial charge in [0.25, 0.3) is 11.7 Å². The number of hydrogen-bond donors (Lipinski definition) is 5. The molecule has 1 aromatic heterocycles. The number of ketones is 1. The monoisotopic (exact) mass is 746 g/mol. The molecule has 5 N–H and O–H groups in total. The minimum atomic E-state index is -4.09. The van der Waals surface area contributed by atoms with E-state index in [1.54, 1.807) is 18.2 Å². The minimum Gasteiger partial charge on any atom is -0.507 e. The molecule has 4 aromatic rings. The maximum absolute atomic E-state index is 13.7. The lowest BCUT2D eigenvalue weighted by Crippen LogP contribution is -2.52. The van der Waals surface area contributed by atoms with Gasteiger partial charge in [0.05, 0.1) is 17.5 Å². The lowest BCUT2D eigenvalue weighted by atomic mass is 10.0. The molecule has 2 aliphatic carbocycles. The number of aliphatic carboxylic acids is 1. The van der Waals surface area contributed by atoms with Crippen molar-refractivity contribution >= 4 is 61.9 Å². The van der Waals surface area contributed by atoms with Gasteiger partial charge in [-0.25, -0.2) is 17.6 Å². The predicted octanol–water partition coefficient (Wildman–Crippen LogP) is 3.76. The first kappa shape index (κ1) is 36.8. The fourth-order valence-corrected chi connectivity index (χ4v) is 6.92. The van der Waals surface area contributed by atoms with Gasteiger partial charge >= 0.3 is 5.97 Å². The molecule has 2 saturated carbocycles. The van der Waals surface area contributed by atoms with Gasteiger partial charge < -0.3 is 30.6 Å². The summed E-state index contributed by atoms with van der Waals surface area (Å²) >= 11 is 0. The van der Waals surface area contributed by atoms with E-state index in [1.807, 2.05) is 0 Å². The highest BCUT2D eigenvalue weighted by Gasteiger charge is 2.51. The average Bonchev–Trinajstić information content (AvgIpc) is 4.06. The van der Waals surface area contributed by atoms with E-state index in [1.165, 1.54) is 49.5 Å². The number of carbonyl (C=O) groups excluding carboxylic acids is 4. The maximum Gasteiger partial charge on any atom is 0.376 e. The Kier molecular flexibility index (Phi) is 9.83. The average molecular weight is 747 g/mol. The van der Waals surface area contributed by atoms with Gasteiger partial charge in [-0.2, -0.15) is 0 Å². The van der Waals surface area contributed by atoms with Crippen LogP contribution >= 0.6 is 0 Å². The van der Waals surface area contributed by atoms with Gasteiger partial charge in [0.2, 0.25) is 21.8 Å². The molecule has 0 bridgehead atoms. The largest absolute Gasteiger partial charge is 0.507 e. The first-order valence-corrected chi connectivity index (χ1v) is 18.4. The number of aliphatic hydroxyl groups excluding tert-OH is 1. The number of hydrogen-bond acceptors (Lipinski definition) is 9. The molecule has 2 fully saturated rings. The first-order chi connectivity index (χ1) is 25.1. The molecule has 0 atom stereocenters. The summed E-state index contributed by atoms with van der Waals surface area (Å²) in [6.45, 7) is -0.693. The highest BCUT2D eigenvalue weighted by atomic mass is 32.2. The number of anilines is 1. The van der Waals surface area contributed by atoms with Crippen LogP contribution in [0.15, 0.2) is 71.2 Å². The number of benzene rings is 3. The second-order valence-electron chi connectivity index (χ2n) is 13.1. The topological polar surface area (TPSA) is 212 Å². The predicted molar refractivity (Wildman–Crippen MR) is 191 cm³/mol.